The molecular weight excluding hydrogens is 554 g/mol. The second-order valence-electron chi connectivity index (χ2n) is 10.7. The molecule has 0 radical (unpaired) electrons. The van der Waals surface area contributed by atoms with Crippen LogP contribution in [0.3, 0.4) is 0 Å². The quantitative estimate of drug-likeness (QED) is 0.307. The van der Waals surface area contributed by atoms with E-state index in [-0.39, 0.29) is 29.0 Å². The van der Waals surface area contributed by atoms with Gasteiger partial charge in [-0.15, -0.1) is 0 Å². The molecule has 0 fully saturated rings. The van der Waals surface area contributed by atoms with Crippen LogP contribution in [0.15, 0.2) is 71.6 Å². The highest BCUT2D eigenvalue weighted by atomic mass is 32.2. The molecule has 0 unspecified atom stereocenters. The minimum atomic E-state index is -4.20. The van der Waals surface area contributed by atoms with E-state index in [9.17, 15) is 18.0 Å². The van der Waals surface area contributed by atoms with Crippen molar-refractivity contribution < 1.29 is 27.5 Å². The maximum absolute atomic E-state index is 14.1. The second-order valence-corrected chi connectivity index (χ2v) is 12.5. The van der Waals surface area contributed by atoms with E-state index in [1.54, 1.807) is 31.2 Å². The van der Waals surface area contributed by atoms with E-state index in [1.807, 2.05) is 52.0 Å². The minimum absolute atomic E-state index is 0.0310. The highest BCUT2D eigenvalue weighted by Crippen LogP contribution is 2.34. The van der Waals surface area contributed by atoms with E-state index in [0.29, 0.717) is 18.0 Å². The normalized spacial score (nSPS) is 12.0. The summed E-state index contributed by atoms with van der Waals surface area (Å²) in [4.78, 5) is 28.7. The molecule has 10 heteroatoms. The molecule has 0 saturated heterocycles. The van der Waals surface area contributed by atoms with Gasteiger partial charge < -0.3 is 19.7 Å². The Morgan fingerprint density at radius 3 is 1.95 bits per heavy atom. The van der Waals surface area contributed by atoms with Crippen LogP contribution in [0.4, 0.5) is 5.69 Å². The van der Waals surface area contributed by atoms with E-state index in [4.69, 9.17) is 9.47 Å². The molecule has 0 spiro atoms. The third-order valence-corrected chi connectivity index (χ3v) is 8.66. The lowest BCUT2D eigenvalue weighted by Gasteiger charge is -2.32. The number of carbonyl (C=O) groups is 2. The first kappa shape index (κ1) is 32.5. The van der Waals surface area contributed by atoms with Gasteiger partial charge in [0.1, 0.15) is 12.6 Å². The molecule has 42 heavy (non-hydrogen) atoms. The van der Waals surface area contributed by atoms with Crippen molar-refractivity contribution in [3.05, 3.63) is 83.4 Å². The molecule has 0 aliphatic heterocycles. The monoisotopic (exact) mass is 595 g/mol. The molecule has 0 aliphatic carbocycles. The number of ether oxygens (including phenoxy) is 2. The summed E-state index contributed by atoms with van der Waals surface area (Å²) in [5.41, 5.74) is 2.99. The molecule has 226 valence electrons. The maximum Gasteiger partial charge on any atom is 0.264 e. The van der Waals surface area contributed by atoms with E-state index in [1.165, 1.54) is 37.3 Å². The second kappa shape index (κ2) is 14.2. The van der Waals surface area contributed by atoms with Crippen LogP contribution < -0.4 is 19.1 Å². The number of aryl methyl sites for hydroxylation is 2. The van der Waals surface area contributed by atoms with E-state index >= 15 is 0 Å². The van der Waals surface area contributed by atoms with Gasteiger partial charge in [0.2, 0.25) is 11.8 Å². The Kier molecular flexibility index (Phi) is 11.0. The van der Waals surface area contributed by atoms with Crippen molar-refractivity contribution in [2.75, 3.05) is 31.6 Å². The Morgan fingerprint density at radius 2 is 1.40 bits per heavy atom. The number of methoxy groups -OCH3 is 2. The first-order valence-corrected chi connectivity index (χ1v) is 15.3. The van der Waals surface area contributed by atoms with Crippen molar-refractivity contribution in [1.29, 1.82) is 0 Å². The number of carbonyl (C=O) groups excluding carboxylic acids is 2. The molecule has 3 aromatic carbocycles. The van der Waals surface area contributed by atoms with E-state index < -0.39 is 28.5 Å². The summed E-state index contributed by atoms with van der Waals surface area (Å²) in [6, 6.07) is 17.9. The van der Waals surface area contributed by atoms with Crippen molar-refractivity contribution in [2.24, 2.45) is 5.92 Å². The van der Waals surface area contributed by atoms with Crippen LogP contribution in [0, 0.1) is 19.8 Å². The van der Waals surface area contributed by atoms with Crippen LogP contribution in [0.25, 0.3) is 0 Å². The summed E-state index contributed by atoms with van der Waals surface area (Å²) in [6.45, 7) is 9.48. The van der Waals surface area contributed by atoms with Crippen LogP contribution in [0.2, 0.25) is 0 Å². The molecule has 3 aromatic rings. The fraction of sp³-hybridized carbons (Fsp3) is 0.375. The molecule has 0 aromatic heterocycles. The third kappa shape index (κ3) is 8.03. The molecule has 0 saturated carbocycles. The number of amides is 2. The van der Waals surface area contributed by atoms with Gasteiger partial charge in [-0.2, -0.15) is 0 Å². The number of anilines is 1. The summed E-state index contributed by atoms with van der Waals surface area (Å²) < 4.78 is 39.9. The number of benzene rings is 3. The molecule has 1 N–H and O–H groups in total. The maximum atomic E-state index is 14.1. The lowest BCUT2D eigenvalue weighted by Crippen LogP contribution is -2.51. The lowest BCUT2D eigenvalue weighted by molar-refractivity contribution is -0.139. The van der Waals surface area contributed by atoms with Gasteiger partial charge in [-0.05, 0) is 56.5 Å². The average molecular weight is 596 g/mol. The van der Waals surface area contributed by atoms with Crippen molar-refractivity contribution in [2.45, 2.75) is 52.1 Å². The fourth-order valence-electron chi connectivity index (χ4n) is 4.27. The largest absolute Gasteiger partial charge is 0.493 e. The number of nitrogens with zero attached hydrogens (tertiary/aromatic N) is 2. The van der Waals surface area contributed by atoms with Crippen LogP contribution in [0.1, 0.15) is 37.5 Å². The van der Waals surface area contributed by atoms with Gasteiger partial charge in [-0.25, -0.2) is 8.42 Å². The predicted molar refractivity (Wildman–Crippen MR) is 164 cm³/mol. The van der Waals surface area contributed by atoms with Crippen LogP contribution >= 0.6 is 0 Å². The number of rotatable bonds is 13. The highest BCUT2D eigenvalue weighted by molar-refractivity contribution is 7.92. The SMILES string of the molecule is COc1ccc(N(CC(=O)N(Cc2ccc(C)cc2)[C@H](C)C(=O)NCC(C)C)S(=O)(=O)c2ccc(C)cc2)cc1OC. The van der Waals surface area contributed by atoms with Gasteiger partial charge in [-0.3, -0.25) is 13.9 Å². The highest BCUT2D eigenvalue weighted by Gasteiger charge is 2.33. The van der Waals surface area contributed by atoms with Gasteiger partial charge in [-0.1, -0.05) is 61.4 Å². The Hall–Kier alpha value is -4.05. The van der Waals surface area contributed by atoms with Crippen LogP contribution in [0.5, 0.6) is 11.5 Å². The third-order valence-electron chi connectivity index (χ3n) is 6.87. The van der Waals surface area contributed by atoms with Crippen LogP contribution in [-0.2, 0) is 26.2 Å². The Bertz CT molecular complexity index is 1470. The molecular formula is C32H41N3O6S. The van der Waals surface area contributed by atoms with Crippen molar-refractivity contribution in [3.8, 4) is 11.5 Å². The van der Waals surface area contributed by atoms with Gasteiger partial charge in [0.15, 0.2) is 11.5 Å². The van der Waals surface area contributed by atoms with Gasteiger partial charge in [0, 0.05) is 19.2 Å². The standard InChI is InChI=1S/C32H41N3O6S/c1-22(2)19-33-32(37)25(5)34(20-26-12-8-23(3)9-13-26)31(36)21-35(27-14-17-29(40-6)30(18-27)41-7)42(38,39)28-15-10-24(4)11-16-28/h8-18,22,25H,19-21H2,1-7H3,(H,33,37)/t25-/m1/s1. The molecule has 2 amide bonds. The van der Waals surface area contributed by atoms with Gasteiger partial charge in [0.05, 0.1) is 24.8 Å². The summed E-state index contributed by atoms with van der Waals surface area (Å²) in [6.07, 6.45) is 0. The zero-order chi connectivity index (χ0) is 31.0. The summed E-state index contributed by atoms with van der Waals surface area (Å²) in [5, 5.41) is 2.89. The molecule has 0 heterocycles. The Balaban J connectivity index is 2.07. The molecule has 0 aliphatic rings. The van der Waals surface area contributed by atoms with E-state index in [2.05, 4.69) is 5.32 Å². The van der Waals surface area contributed by atoms with Crippen LogP contribution in [-0.4, -0.2) is 58.5 Å². The first-order valence-electron chi connectivity index (χ1n) is 13.8. The Labute approximate surface area is 249 Å². The molecule has 0 bridgehead atoms. The fourth-order valence-corrected chi connectivity index (χ4v) is 5.68. The van der Waals surface area contributed by atoms with Crippen molar-refractivity contribution in [3.63, 3.8) is 0 Å². The molecule has 3 rings (SSSR count). The first-order chi connectivity index (χ1) is 19.9. The van der Waals surface area contributed by atoms with E-state index in [0.717, 1.165) is 21.0 Å². The number of hydrogen-bond donors (Lipinski definition) is 1. The summed E-state index contributed by atoms with van der Waals surface area (Å²) in [5.74, 6) is 0.0975. The average Bonchev–Trinajstić information content (AvgIpc) is 2.97. The predicted octanol–water partition coefficient (Wildman–Crippen LogP) is 4.71. The van der Waals surface area contributed by atoms with Crippen molar-refractivity contribution in [1.82, 2.24) is 10.2 Å². The molecule has 9 nitrogen and oxygen atoms in total. The lowest BCUT2D eigenvalue weighted by atomic mass is 10.1. The number of sulfonamides is 1. The zero-order valence-corrected chi connectivity index (χ0v) is 26.2. The topological polar surface area (TPSA) is 105 Å². The number of hydrogen-bond acceptors (Lipinski definition) is 6. The Morgan fingerprint density at radius 1 is 0.833 bits per heavy atom. The smallest absolute Gasteiger partial charge is 0.264 e. The summed E-state index contributed by atoms with van der Waals surface area (Å²) in [7, 11) is -1.27. The number of nitrogens with one attached hydrogen (secondary N) is 1. The van der Waals surface area contributed by atoms with Crippen molar-refractivity contribution >= 4 is 27.5 Å². The summed E-state index contributed by atoms with van der Waals surface area (Å²) >= 11 is 0. The minimum Gasteiger partial charge on any atom is -0.493 e. The molecule has 1 atom stereocenters. The van der Waals surface area contributed by atoms with Gasteiger partial charge >= 0.3 is 0 Å². The zero-order valence-electron chi connectivity index (χ0n) is 25.4. The van der Waals surface area contributed by atoms with Gasteiger partial charge in [0.25, 0.3) is 10.0 Å².